The fourth-order valence-corrected chi connectivity index (χ4v) is 2.66. The zero-order valence-corrected chi connectivity index (χ0v) is 10.4. The van der Waals surface area contributed by atoms with E-state index in [4.69, 9.17) is 0 Å². The third-order valence-electron chi connectivity index (χ3n) is 1.82. The van der Waals surface area contributed by atoms with Gasteiger partial charge in [0.05, 0.1) is 5.75 Å². The molecule has 0 unspecified atom stereocenters. The summed E-state index contributed by atoms with van der Waals surface area (Å²) < 4.78 is 25.5. The second-order valence-corrected chi connectivity index (χ2v) is 5.86. The highest BCUT2D eigenvalue weighted by molar-refractivity contribution is 7.92. The van der Waals surface area contributed by atoms with E-state index in [0.29, 0.717) is 5.69 Å². The first-order valence-corrected chi connectivity index (χ1v) is 6.62. The molecule has 1 aromatic rings. The number of hydrogen-bond donors (Lipinski definition) is 2. The van der Waals surface area contributed by atoms with E-state index in [2.05, 4.69) is 9.71 Å². The molecule has 6 heteroatoms. The van der Waals surface area contributed by atoms with Crippen LogP contribution in [0.25, 0.3) is 0 Å². The van der Waals surface area contributed by atoms with Crippen LogP contribution in [0.15, 0.2) is 12.1 Å². The van der Waals surface area contributed by atoms with E-state index in [1.807, 2.05) is 13.8 Å². The first-order chi connectivity index (χ1) is 7.30. The Balaban J connectivity index is 2.92. The van der Waals surface area contributed by atoms with Crippen molar-refractivity contribution in [3.63, 3.8) is 0 Å². The Morgan fingerprint density at radius 2 is 2.06 bits per heavy atom. The van der Waals surface area contributed by atoms with E-state index >= 15 is 0 Å². The number of aromatic nitrogens is 1. The number of aromatic hydroxyl groups is 1. The maximum absolute atomic E-state index is 11.6. The molecule has 0 saturated heterocycles. The topological polar surface area (TPSA) is 79.3 Å². The Labute approximate surface area is 95.6 Å². The van der Waals surface area contributed by atoms with Crippen LogP contribution in [-0.2, 0) is 10.0 Å². The van der Waals surface area contributed by atoms with Crippen LogP contribution in [0.4, 0.5) is 5.82 Å². The molecule has 90 valence electrons. The van der Waals surface area contributed by atoms with Crippen molar-refractivity contribution in [3.8, 4) is 5.75 Å². The molecule has 0 amide bonds. The summed E-state index contributed by atoms with van der Waals surface area (Å²) in [4.78, 5) is 3.92. The van der Waals surface area contributed by atoms with E-state index in [0.717, 1.165) is 0 Å². The largest absolute Gasteiger partial charge is 0.504 e. The van der Waals surface area contributed by atoms with Crippen LogP contribution < -0.4 is 4.72 Å². The van der Waals surface area contributed by atoms with Crippen molar-refractivity contribution in [2.75, 3.05) is 10.5 Å². The fourth-order valence-electron chi connectivity index (χ4n) is 1.25. The van der Waals surface area contributed by atoms with Crippen LogP contribution in [0.1, 0.15) is 19.5 Å². The van der Waals surface area contributed by atoms with Crippen LogP contribution in [0.2, 0.25) is 0 Å². The summed E-state index contributed by atoms with van der Waals surface area (Å²) in [6, 6.07) is 3.02. The molecule has 0 fully saturated rings. The van der Waals surface area contributed by atoms with Gasteiger partial charge in [0.15, 0.2) is 11.6 Å². The number of rotatable bonds is 4. The molecule has 0 aromatic carbocycles. The lowest BCUT2D eigenvalue weighted by molar-refractivity contribution is 0.475. The molecule has 5 nitrogen and oxygen atoms in total. The van der Waals surface area contributed by atoms with Gasteiger partial charge >= 0.3 is 0 Å². The molecular formula is C10H16N2O3S. The molecule has 1 heterocycles. The van der Waals surface area contributed by atoms with Crippen molar-refractivity contribution in [2.45, 2.75) is 20.8 Å². The lowest BCUT2D eigenvalue weighted by atomic mass is 10.3. The zero-order valence-electron chi connectivity index (χ0n) is 9.56. The van der Waals surface area contributed by atoms with Crippen molar-refractivity contribution in [1.82, 2.24) is 4.98 Å². The van der Waals surface area contributed by atoms with Crippen LogP contribution in [-0.4, -0.2) is 24.3 Å². The minimum atomic E-state index is -3.45. The maximum Gasteiger partial charge on any atom is 0.234 e. The number of sulfonamides is 1. The van der Waals surface area contributed by atoms with Gasteiger partial charge in [0, 0.05) is 5.69 Å². The van der Waals surface area contributed by atoms with Crippen LogP contribution >= 0.6 is 0 Å². The van der Waals surface area contributed by atoms with Gasteiger partial charge in [-0.15, -0.1) is 0 Å². The number of nitrogens with one attached hydrogen (secondary N) is 1. The molecule has 0 aliphatic carbocycles. The second-order valence-electron chi connectivity index (χ2n) is 4.10. The Kier molecular flexibility index (Phi) is 3.74. The highest BCUT2D eigenvalue weighted by Gasteiger charge is 2.15. The molecule has 0 aliphatic heterocycles. The summed E-state index contributed by atoms with van der Waals surface area (Å²) in [5.41, 5.74) is 0.639. The first-order valence-electron chi connectivity index (χ1n) is 4.97. The van der Waals surface area contributed by atoms with Gasteiger partial charge in [0.1, 0.15) is 0 Å². The van der Waals surface area contributed by atoms with E-state index < -0.39 is 10.0 Å². The maximum atomic E-state index is 11.6. The van der Waals surface area contributed by atoms with Gasteiger partial charge in [-0.05, 0) is 25.0 Å². The third kappa shape index (κ3) is 3.69. The van der Waals surface area contributed by atoms with Crippen molar-refractivity contribution in [3.05, 3.63) is 17.8 Å². The fraction of sp³-hybridized carbons (Fsp3) is 0.500. The smallest absolute Gasteiger partial charge is 0.234 e. The number of nitrogens with zero attached hydrogens (tertiary/aromatic N) is 1. The number of aryl methyl sites for hydroxylation is 1. The molecular weight excluding hydrogens is 228 g/mol. The summed E-state index contributed by atoms with van der Waals surface area (Å²) >= 11 is 0. The highest BCUT2D eigenvalue weighted by Crippen LogP contribution is 2.21. The highest BCUT2D eigenvalue weighted by atomic mass is 32.2. The van der Waals surface area contributed by atoms with Crippen molar-refractivity contribution < 1.29 is 13.5 Å². The molecule has 0 aliphatic rings. The van der Waals surface area contributed by atoms with Crippen LogP contribution in [0.3, 0.4) is 0 Å². The molecule has 0 radical (unpaired) electrons. The van der Waals surface area contributed by atoms with E-state index in [1.165, 1.54) is 6.07 Å². The lowest BCUT2D eigenvalue weighted by Crippen LogP contribution is -2.20. The molecule has 0 bridgehead atoms. The average Bonchev–Trinajstić information content (AvgIpc) is 2.08. The summed E-state index contributed by atoms with van der Waals surface area (Å²) in [7, 11) is -3.45. The predicted molar refractivity (Wildman–Crippen MR) is 62.9 cm³/mol. The Morgan fingerprint density at radius 1 is 1.44 bits per heavy atom. The molecule has 2 N–H and O–H groups in total. The van der Waals surface area contributed by atoms with Crippen LogP contribution in [0.5, 0.6) is 5.75 Å². The SMILES string of the molecule is Cc1ccc(O)c(NS(=O)(=O)CC(C)C)n1. The standard InChI is InChI=1S/C10H16N2O3S/c1-7(2)6-16(14,15)12-10-9(13)5-4-8(3)11-10/h4-5,7,13H,6H2,1-3H3,(H,11,12). The van der Waals surface area contributed by atoms with Gasteiger partial charge in [-0.25, -0.2) is 13.4 Å². The molecule has 1 aromatic heterocycles. The number of hydrogen-bond acceptors (Lipinski definition) is 4. The Morgan fingerprint density at radius 3 is 2.62 bits per heavy atom. The zero-order chi connectivity index (χ0) is 12.3. The van der Waals surface area contributed by atoms with Gasteiger partial charge < -0.3 is 5.11 Å². The minimum absolute atomic E-state index is 0.00205. The Bertz CT molecular complexity index is 469. The summed E-state index contributed by atoms with van der Waals surface area (Å²) in [6.07, 6.45) is 0. The van der Waals surface area contributed by atoms with Crippen molar-refractivity contribution in [2.24, 2.45) is 5.92 Å². The number of pyridine rings is 1. The quantitative estimate of drug-likeness (QED) is 0.841. The van der Waals surface area contributed by atoms with E-state index in [-0.39, 0.29) is 23.2 Å². The van der Waals surface area contributed by atoms with Gasteiger partial charge in [0.25, 0.3) is 0 Å². The third-order valence-corrected chi connectivity index (χ3v) is 3.43. The summed E-state index contributed by atoms with van der Waals surface area (Å²) in [5.74, 6) is -0.162. The van der Waals surface area contributed by atoms with Crippen LogP contribution in [0, 0.1) is 12.8 Å². The van der Waals surface area contributed by atoms with Crippen molar-refractivity contribution >= 4 is 15.8 Å². The van der Waals surface area contributed by atoms with Gasteiger partial charge in [0.2, 0.25) is 10.0 Å². The lowest BCUT2D eigenvalue weighted by Gasteiger charge is -2.10. The van der Waals surface area contributed by atoms with E-state index in [9.17, 15) is 13.5 Å². The average molecular weight is 244 g/mol. The van der Waals surface area contributed by atoms with Crippen molar-refractivity contribution in [1.29, 1.82) is 0 Å². The molecule has 16 heavy (non-hydrogen) atoms. The molecule has 0 atom stereocenters. The number of anilines is 1. The Hall–Kier alpha value is -1.30. The molecule has 0 spiro atoms. The predicted octanol–water partition coefficient (Wildman–Crippen LogP) is 1.49. The normalized spacial score (nSPS) is 11.8. The molecule has 1 rings (SSSR count). The first kappa shape index (κ1) is 12.8. The summed E-state index contributed by atoms with van der Waals surface area (Å²) in [5, 5.41) is 9.44. The minimum Gasteiger partial charge on any atom is -0.504 e. The van der Waals surface area contributed by atoms with Gasteiger partial charge in [-0.1, -0.05) is 13.8 Å². The second kappa shape index (κ2) is 4.69. The van der Waals surface area contributed by atoms with Gasteiger partial charge in [-0.3, -0.25) is 4.72 Å². The monoisotopic (exact) mass is 244 g/mol. The summed E-state index contributed by atoms with van der Waals surface area (Å²) in [6.45, 7) is 5.34. The molecule has 0 saturated carbocycles. The van der Waals surface area contributed by atoms with E-state index in [1.54, 1.807) is 13.0 Å². The van der Waals surface area contributed by atoms with Gasteiger partial charge in [-0.2, -0.15) is 0 Å².